The molecule has 1 amide bonds. The van der Waals surface area contributed by atoms with Crippen LogP contribution in [0.4, 0.5) is 5.88 Å². The first kappa shape index (κ1) is 17.6. The summed E-state index contributed by atoms with van der Waals surface area (Å²) >= 11 is 0. The predicted molar refractivity (Wildman–Crippen MR) is 91.8 cm³/mol. The summed E-state index contributed by atoms with van der Waals surface area (Å²) in [6.45, 7) is 7.81. The van der Waals surface area contributed by atoms with Gasteiger partial charge in [-0.1, -0.05) is 31.1 Å². The smallest absolute Gasteiger partial charge is 0.265 e. The molecule has 1 N–H and O–H groups in total. The van der Waals surface area contributed by atoms with Crippen LogP contribution in [0.3, 0.4) is 0 Å². The molecule has 0 aliphatic rings. The van der Waals surface area contributed by atoms with Crippen molar-refractivity contribution in [1.29, 1.82) is 0 Å². The van der Waals surface area contributed by atoms with Crippen LogP contribution in [0, 0.1) is 0 Å². The number of hydrogen-bond acceptors (Lipinski definition) is 5. The van der Waals surface area contributed by atoms with Gasteiger partial charge in [-0.25, -0.2) is 0 Å². The van der Waals surface area contributed by atoms with E-state index in [1.165, 1.54) is 14.2 Å². The number of methoxy groups -OCH3 is 2. The Hall–Kier alpha value is -2.76. The zero-order valence-electron chi connectivity index (χ0n) is 14.4. The Morgan fingerprint density at radius 1 is 1.33 bits per heavy atom. The van der Waals surface area contributed by atoms with Gasteiger partial charge in [0.25, 0.3) is 5.91 Å². The zero-order chi connectivity index (χ0) is 17.7. The molecule has 2 rings (SSSR count). The molecule has 0 aliphatic heterocycles. The number of anilines is 1. The molecule has 0 saturated heterocycles. The van der Waals surface area contributed by atoms with Crippen LogP contribution >= 0.6 is 0 Å². The van der Waals surface area contributed by atoms with Gasteiger partial charge in [0.1, 0.15) is 17.1 Å². The normalized spacial score (nSPS) is 11.0. The summed E-state index contributed by atoms with van der Waals surface area (Å²) in [6, 6.07) is 6.84. The number of amides is 1. The third kappa shape index (κ3) is 3.59. The van der Waals surface area contributed by atoms with Crippen molar-refractivity contribution < 1.29 is 18.8 Å². The molecule has 1 heterocycles. The molecule has 0 atom stereocenters. The molecule has 0 aliphatic carbocycles. The summed E-state index contributed by atoms with van der Waals surface area (Å²) in [7, 11) is 2.99. The lowest BCUT2D eigenvalue weighted by molar-refractivity contribution is 0.101. The SMILES string of the molecule is C=CCC(C)(C)c1cc(NC(=O)c2c(OC)cccc2OC)on1. The molecular formula is C18H22N2O4. The van der Waals surface area contributed by atoms with E-state index >= 15 is 0 Å². The number of rotatable bonds is 7. The maximum atomic E-state index is 12.6. The van der Waals surface area contributed by atoms with Crippen LogP contribution in [0.15, 0.2) is 41.4 Å². The van der Waals surface area contributed by atoms with Crippen molar-refractivity contribution in [2.24, 2.45) is 0 Å². The van der Waals surface area contributed by atoms with E-state index in [9.17, 15) is 4.79 Å². The fourth-order valence-corrected chi connectivity index (χ4v) is 2.37. The summed E-state index contributed by atoms with van der Waals surface area (Å²) in [5, 5.41) is 6.73. The van der Waals surface area contributed by atoms with Gasteiger partial charge in [0.2, 0.25) is 5.88 Å². The summed E-state index contributed by atoms with van der Waals surface area (Å²) in [6.07, 6.45) is 2.57. The Bertz CT molecular complexity index is 712. The van der Waals surface area contributed by atoms with Crippen LogP contribution in [0.5, 0.6) is 11.5 Å². The second-order valence-electron chi connectivity index (χ2n) is 5.94. The third-order valence-electron chi connectivity index (χ3n) is 3.75. The lowest BCUT2D eigenvalue weighted by Crippen LogP contribution is -2.16. The van der Waals surface area contributed by atoms with Gasteiger partial charge in [0.15, 0.2) is 0 Å². The fraction of sp³-hybridized carbons (Fsp3) is 0.333. The minimum atomic E-state index is -0.395. The van der Waals surface area contributed by atoms with Crippen LogP contribution in [0.25, 0.3) is 0 Å². The first-order valence-electron chi connectivity index (χ1n) is 7.53. The highest BCUT2D eigenvalue weighted by molar-refractivity contribution is 6.07. The summed E-state index contributed by atoms with van der Waals surface area (Å²) in [4.78, 5) is 12.6. The van der Waals surface area contributed by atoms with E-state index in [-0.39, 0.29) is 11.3 Å². The van der Waals surface area contributed by atoms with Crippen LogP contribution in [0.1, 0.15) is 36.3 Å². The third-order valence-corrected chi connectivity index (χ3v) is 3.75. The molecule has 2 aromatic rings. The van der Waals surface area contributed by atoms with Crippen LogP contribution < -0.4 is 14.8 Å². The summed E-state index contributed by atoms with van der Waals surface area (Å²) in [5.74, 6) is 0.700. The van der Waals surface area contributed by atoms with Crippen LogP contribution in [-0.4, -0.2) is 25.3 Å². The highest BCUT2D eigenvalue weighted by Gasteiger charge is 2.25. The van der Waals surface area contributed by atoms with E-state index < -0.39 is 5.91 Å². The Balaban J connectivity index is 2.25. The van der Waals surface area contributed by atoms with Gasteiger partial charge < -0.3 is 14.0 Å². The van der Waals surface area contributed by atoms with E-state index in [1.54, 1.807) is 24.3 Å². The molecule has 1 aromatic carbocycles. The standard InChI is InChI=1S/C18H22N2O4/c1-6-10-18(2,3)14-11-15(24-20-14)19-17(21)16-12(22-4)8-7-9-13(16)23-5/h6-9,11H,1,10H2,2-5H3,(H,19,21). The number of ether oxygens (including phenoxy) is 2. The second-order valence-corrected chi connectivity index (χ2v) is 5.94. The predicted octanol–water partition coefficient (Wildman–Crippen LogP) is 3.80. The van der Waals surface area contributed by atoms with Crippen LogP contribution in [-0.2, 0) is 5.41 Å². The van der Waals surface area contributed by atoms with Crippen molar-refractivity contribution in [3.05, 3.63) is 48.2 Å². The Labute approximate surface area is 141 Å². The molecule has 6 heteroatoms. The Morgan fingerprint density at radius 3 is 2.50 bits per heavy atom. The van der Waals surface area contributed by atoms with Crippen molar-refractivity contribution >= 4 is 11.8 Å². The highest BCUT2D eigenvalue weighted by Crippen LogP contribution is 2.31. The lowest BCUT2D eigenvalue weighted by Gasteiger charge is -2.18. The molecular weight excluding hydrogens is 308 g/mol. The van der Waals surface area contributed by atoms with E-state index in [0.717, 1.165) is 12.1 Å². The molecule has 24 heavy (non-hydrogen) atoms. The monoisotopic (exact) mass is 330 g/mol. The van der Waals surface area contributed by atoms with Gasteiger partial charge in [-0.05, 0) is 18.6 Å². The van der Waals surface area contributed by atoms with Crippen molar-refractivity contribution in [1.82, 2.24) is 5.16 Å². The lowest BCUT2D eigenvalue weighted by atomic mass is 9.86. The molecule has 0 radical (unpaired) electrons. The number of hydrogen-bond donors (Lipinski definition) is 1. The van der Waals surface area contributed by atoms with E-state index in [0.29, 0.717) is 17.1 Å². The van der Waals surface area contributed by atoms with Crippen molar-refractivity contribution in [3.8, 4) is 11.5 Å². The number of benzene rings is 1. The fourth-order valence-electron chi connectivity index (χ4n) is 2.37. The van der Waals surface area contributed by atoms with Gasteiger partial charge in [-0.2, -0.15) is 0 Å². The maximum absolute atomic E-state index is 12.6. The van der Waals surface area contributed by atoms with Crippen molar-refractivity contribution in [2.45, 2.75) is 25.7 Å². The zero-order valence-corrected chi connectivity index (χ0v) is 14.4. The summed E-state index contributed by atoms with van der Waals surface area (Å²) < 4.78 is 15.7. The number of nitrogens with zero attached hydrogens (tertiary/aromatic N) is 1. The molecule has 1 aromatic heterocycles. The molecule has 0 fully saturated rings. The first-order valence-corrected chi connectivity index (χ1v) is 7.53. The maximum Gasteiger partial charge on any atom is 0.265 e. The first-order chi connectivity index (χ1) is 11.4. The largest absolute Gasteiger partial charge is 0.496 e. The topological polar surface area (TPSA) is 73.6 Å². The number of nitrogens with one attached hydrogen (secondary N) is 1. The number of carbonyl (C=O) groups excluding carboxylic acids is 1. The van der Waals surface area contributed by atoms with Gasteiger partial charge in [0.05, 0.1) is 19.9 Å². The van der Waals surface area contributed by atoms with Gasteiger partial charge in [-0.15, -0.1) is 6.58 Å². The number of carbonyl (C=O) groups is 1. The van der Waals surface area contributed by atoms with E-state index in [2.05, 4.69) is 17.1 Å². The molecule has 6 nitrogen and oxygen atoms in total. The van der Waals surface area contributed by atoms with E-state index in [1.807, 2.05) is 19.9 Å². The molecule has 0 bridgehead atoms. The molecule has 0 unspecified atom stereocenters. The van der Waals surface area contributed by atoms with Crippen molar-refractivity contribution in [3.63, 3.8) is 0 Å². The van der Waals surface area contributed by atoms with Crippen LogP contribution in [0.2, 0.25) is 0 Å². The summed E-state index contributed by atoms with van der Waals surface area (Å²) in [5.41, 5.74) is 0.812. The molecule has 128 valence electrons. The van der Waals surface area contributed by atoms with E-state index in [4.69, 9.17) is 14.0 Å². The molecule has 0 spiro atoms. The Kier molecular flexibility index (Phi) is 5.28. The van der Waals surface area contributed by atoms with Gasteiger partial charge in [-0.3, -0.25) is 10.1 Å². The second kappa shape index (κ2) is 7.21. The minimum absolute atomic E-state index is 0.226. The average molecular weight is 330 g/mol. The number of allylic oxidation sites excluding steroid dienone is 1. The quantitative estimate of drug-likeness (QED) is 0.782. The highest BCUT2D eigenvalue weighted by atomic mass is 16.5. The average Bonchev–Trinajstić information content (AvgIpc) is 3.03. The number of aromatic nitrogens is 1. The van der Waals surface area contributed by atoms with Gasteiger partial charge >= 0.3 is 0 Å². The molecule has 0 saturated carbocycles. The van der Waals surface area contributed by atoms with Crippen molar-refractivity contribution in [2.75, 3.05) is 19.5 Å². The minimum Gasteiger partial charge on any atom is -0.496 e. The van der Waals surface area contributed by atoms with Gasteiger partial charge in [0, 0.05) is 11.5 Å². The Morgan fingerprint density at radius 2 is 1.96 bits per heavy atom.